The average molecular weight is 240 g/mol. The van der Waals surface area contributed by atoms with Crippen LogP contribution in [0, 0.1) is 23.7 Å². The lowest BCUT2D eigenvalue weighted by Gasteiger charge is -2.30. The summed E-state index contributed by atoms with van der Waals surface area (Å²) in [5.41, 5.74) is 5.76. The summed E-state index contributed by atoms with van der Waals surface area (Å²) in [7, 11) is 0. The van der Waals surface area contributed by atoms with Gasteiger partial charge in [-0.25, -0.2) is 0 Å². The van der Waals surface area contributed by atoms with Crippen molar-refractivity contribution in [2.75, 3.05) is 13.1 Å². The van der Waals surface area contributed by atoms with Crippen molar-refractivity contribution >= 4 is 5.91 Å². The summed E-state index contributed by atoms with van der Waals surface area (Å²) in [5, 5.41) is 3.10. The summed E-state index contributed by atoms with van der Waals surface area (Å²) in [6.07, 6.45) is 4.54. The van der Waals surface area contributed by atoms with Gasteiger partial charge < -0.3 is 11.1 Å². The Morgan fingerprint density at radius 2 is 1.94 bits per heavy atom. The van der Waals surface area contributed by atoms with Crippen LogP contribution in [0.5, 0.6) is 0 Å². The molecule has 1 saturated carbocycles. The van der Waals surface area contributed by atoms with Crippen LogP contribution in [0.25, 0.3) is 0 Å². The van der Waals surface area contributed by atoms with E-state index in [-0.39, 0.29) is 11.8 Å². The molecule has 3 atom stereocenters. The van der Waals surface area contributed by atoms with Crippen molar-refractivity contribution in [3.05, 3.63) is 0 Å². The highest BCUT2D eigenvalue weighted by atomic mass is 16.1. The minimum Gasteiger partial charge on any atom is -0.356 e. The number of rotatable bonds is 5. The highest BCUT2D eigenvalue weighted by molar-refractivity contribution is 5.79. The van der Waals surface area contributed by atoms with Crippen LogP contribution in [-0.2, 0) is 4.79 Å². The largest absolute Gasteiger partial charge is 0.356 e. The molecule has 0 radical (unpaired) electrons. The molecule has 3 heteroatoms. The van der Waals surface area contributed by atoms with Crippen LogP contribution in [0.15, 0.2) is 0 Å². The van der Waals surface area contributed by atoms with Crippen LogP contribution >= 0.6 is 0 Å². The van der Waals surface area contributed by atoms with Gasteiger partial charge in [-0.1, -0.05) is 33.6 Å². The number of carbonyl (C=O) groups excluding carboxylic acids is 1. The van der Waals surface area contributed by atoms with E-state index in [0.717, 1.165) is 19.4 Å². The molecular formula is C14H28N2O. The Morgan fingerprint density at radius 1 is 1.29 bits per heavy atom. The molecule has 0 aromatic carbocycles. The van der Waals surface area contributed by atoms with Gasteiger partial charge in [0.1, 0.15) is 0 Å². The molecule has 1 aliphatic rings. The van der Waals surface area contributed by atoms with Gasteiger partial charge in [-0.3, -0.25) is 4.79 Å². The molecule has 1 fully saturated rings. The van der Waals surface area contributed by atoms with Crippen LogP contribution in [0.2, 0.25) is 0 Å². The predicted octanol–water partition coefficient (Wildman–Crippen LogP) is 2.16. The first-order chi connectivity index (χ1) is 8.06. The molecule has 3 unspecified atom stereocenters. The second-order valence-electron chi connectivity index (χ2n) is 5.85. The molecule has 3 nitrogen and oxygen atoms in total. The maximum Gasteiger partial charge on any atom is 0.223 e. The van der Waals surface area contributed by atoms with Crippen molar-refractivity contribution in [1.29, 1.82) is 0 Å². The van der Waals surface area contributed by atoms with Gasteiger partial charge in [0.25, 0.3) is 0 Å². The first-order valence-corrected chi connectivity index (χ1v) is 7.04. The van der Waals surface area contributed by atoms with E-state index in [4.69, 9.17) is 5.73 Å². The molecule has 17 heavy (non-hydrogen) atoms. The molecule has 0 spiro atoms. The summed E-state index contributed by atoms with van der Waals surface area (Å²) < 4.78 is 0. The van der Waals surface area contributed by atoms with Crippen molar-refractivity contribution in [1.82, 2.24) is 5.32 Å². The summed E-state index contributed by atoms with van der Waals surface area (Å²) >= 11 is 0. The first-order valence-electron chi connectivity index (χ1n) is 7.04. The fourth-order valence-corrected chi connectivity index (χ4v) is 2.46. The third-order valence-electron chi connectivity index (χ3n) is 4.28. The SMILES string of the molecule is CC(C)C(C)CNC(=O)C1CCCCC1CN. The molecule has 0 aromatic heterocycles. The van der Waals surface area contributed by atoms with E-state index in [1.807, 2.05) is 0 Å². The van der Waals surface area contributed by atoms with Crippen LogP contribution in [0.4, 0.5) is 0 Å². The van der Waals surface area contributed by atoms with Crippen LogP contribution in [0.3, 0.4) is 0 Å². The maximum atomic E-state index is 12.1. The molecule has 0 bridgehead atoms. The van der Waals surface area contributed by atoms with E-state index in [1.54, 1.807) is 0 Å². The molecule has 0 aromatic rings. The van der Waals surface area contributed by atoms with Crippen molar-refractivity contribution < 1.29 is 4.79 Å². The van der Waals surface area contributed by atoms with Gasteiger partial charge in [0.05, 0.1) is 0 Å². The van der Waals surface area contributed by atoms with Crippen LogP contribution in [0.1, 0.15) is 46.5 Å². The van der Waals surface area contributed by atoms with Gasteiger partial charge in [-0.05, 0) is 37.1 Å². The van der Waals surface area contributed by atoms with E-state index in [1.165, 1.54) is 12.8 Å². The smallest absolute Gasteiger partial charge is 0.223 e. The Labute approximate surface area is 106 Å². The predicted molar refractivity (Wildman–Crippen MR) is 71.5 cm³/mol. The average Bonchev–Trinajstić information content (AvgIpc) is 2.35. The third kappa shape index (κ3) is 4.30. The fraction of sp³-hybridized carbons (Fsp3) is 0.929. The molecule has 1 aliphatic carbocycles. The summed E-state index contributed by atoms with van der Waals surface area (Å²) in [5.74, 6) is 1.95. The minimum absolute atomic E-state index is 0.160. The standard InChI is InChI=1S/C14H28N2O/c1-10(2)11(3)9-16-14(17)13-7-5-4-6-12(13)8-15/h10-13H,4-9,15H2,1-3H3,(H,16,17). The molecule has 0 saturated heterocycles. The second-order valence-corrected chi connectivity index (χ2v) is 5.85. The lowest BCUT2D eigenvalue weighted by atomic mass is 9.78. The molecular weight excluding hydrogens is 212 g/mol. The van der Waals surface area contributed by atoms with Crippen molar-refractivity contribution in [3.8, 4) is 0 Å². The third-order valence-corrected chi connectivity index (χ3v) is 4.28. The Morgan fingerprint density at radius 3 is 2.53 bits per heavy atom. The maximum absolute atomic E-state index is 12.1. The fourth-order valence-electron chi connectivity index (χ4n) is 2.46. The van der Waals surface area contributed by atoms with Crippen LogP contribution < -0.4 is 11.1 Å². The van der Waals surface area contributed by atoms with E-state index < -0.39 is 0 Å². The van der Waals surface area contributed by atoms with Gasteiger partial charge in [-0.2, -0.15) is 0 Å². The first kappa shape index (κ1) is 14.5. The summed E-state index contributed by atoms with van der Waals surface area (Å²) in [6, 6.07) is 0. The Bertz CT molecular complexity index is 240. The number of nitrogens with one attached hydrogen (secondary N) is 1. The van der Waals surface area contributed by atoms with Gasteiger partial charge in [0.15, 0.2) is 0 Å². The summed E-state index contributed by atoms with van der Waals surface area (Å²) in [6.45, 7) is 8.02. The zero-order valence-electron chi connectivity index (χ0n) is 11.5. The molecule has 0 heterocycles. The van der Waals surface area contributed by atoms with Gasteiger partial charge in [-0.15, -0.1) is 0 Å². The quantitative estimate of drug-likeness (QED) is 0.773. The Balaban J connectivity index is 2.40. The molecule has 1 amide bonds. The topological polar surface area (TPSA) is 55.1 Å². The van der Waals surface area contributed by atoms with Crippen LogP contribution in [-0.4, -0.2) is 19.0 Å². The molecule has 0 aliphatic heterocycles. The van der Waals surface area contributed by atoms with Gasteiger partial charge in [0, 0.05) is 12.5 Å². The molecule has 3 N–H and O–H groups in total. The van der Waals surface area contributed by atoms with E-state index in [9.17, 15) is 4.79 Å². The van der Waals surface area contributed by atoms with E-state index >= 15 is 0 Å². The highest BCUT2D eigenvalue weighted by Crippen LogP contribution is 2.29. The number of amides is 1. The van der Waals surface area contributed by atoms with Gasteiger partial charge >= 0.3 is 0 Å². The second kappa shape index (κ2) is 7.00. The van der Waals surface area contributed by atoms with E-state index in [0.29, 0.717) is 24.3 Å². The summed E-state index contributed by atoms with van der Waals surface area (Å²) in [4.78, 5) is 12.1. The molecule has 1 rings (SSSR count). The molecule has 100 valence electrons. The number of hydrogen-bond donors (Lipinski definition) is 2. The number of hydrogen-bond acceptors (Lipinski definition) is 2. The van der Waals surface area contributed by atoms with Crippen molar-refractivity contribution in [2.45, 2.75) is 46.5 Å². The lowest BCUT2D eigenvalue weighted by molar-refractivity contribution is -0.127. The van der Waals surface area contributed by atoms with E-state index in [2.05, 4.69) is 26.1 Å². The lowest BCUT2D eigenvalue weighted by Crippen LogP contribution is -2.41. The van der Waals surface area contributed by atoms with Crippen molar-refractivity contribution in [2.24, 2.45) is 29.4 Å². The highest BCUT2D eigenvalue weighted by Gasteiger charge is 2.29. The van der Waals surface area contributed by atoms with Crippen molar-refractivity contribution in [3.63, 3.8) is 0 Å². The number of carbonyl (C=O) groups is 1. The normalized spacial score (nSPS) is 26.9. The minimum atomic E-state index is 0.160. The zero-order chi connectivity index (χ0) is 12.8. The zero-order valence-corrected chi connectivity index (χ0v) is 11.5. The Hall–Kier alpha value is -0.570. The monoisotopic (exact) mass is 240 g/mol. The number of nitrogens with two attached hydrogens (primary N) is 1. The van der Waals surface area contributed by atoms with Gasteiger partial charge in [0.2, 0.25) is 5.91 Å². The Kier molecular flexibility index (Phi) is 5.96.